The second kappa shape index (κ2) is 7.65. The van der Waals surface area contributed by atoms with E-state index >= 15 is 0 Å². The molecule has 0 radical (unpaired) electrons. The third-order valence-electron chi connectivity index (χ3n) is 6.58. The Bertz CT molecular complexity index is 1180. The Kier molecular flexibility index (Phi) is 4.97. The molecule has 5 nitrogen and oxygen atoms in total. The normalized spacial score (nSPS) is 20.8. The van der Waals surface area contributed by atoms with Crippen LogP contribution in [-0.2, 0) is 30.5 Å². The number of aromatic nitrogens is 2. The van der Waals surface area contributed by atoms with Gasteiger partial charge in [0.2, 0.25) is 5.91 Å². The van der Waals surface area contributed by atoms with Gasteiger partial charge in [0.25, 0.3) is 5.56 Å². The molecular formula is C24H27N3O2S. The predicted octanol–water partition coefficient (Wildman–Crippen LogP) is 4.41. The molecule has 6 heteroatoms. The van der Waals surface area contributed by atoms with Crippen molar-refractivity contribution in [3.63, 3.8) is 0 Å². The van der Waals surface area contributed by atoms with E-state index in [4.69, 9.17) is 4.98 Å². The highest BCUT2D eigenvalue weighted by Crippen LogP contribution is 2.36. The molecule has 0 bridgehead atoms. The number of carbonyl (C=O) groups excluding carboxylic acids is 1. The van der Waals surface area contributed by atoms with Gasteiger partial charge in [0.05, 0.1) is 5.39 Å². The second-order valence-electron chi connectivity index (χ2n) is 8.82. The quantitative estimate of drug-likeness (QED) is 0.681. The topological polar surface area (TPSA) is 66.1 Å². The Labute approximate surface area is 180 Å². The summed E-state index contributed by atoms with van der Waals surface area (Å²) in [7, 11) is 0. The Hall–Kier alpha value is -2.47. The smallest absolute Gasteiger partial charge is 0.259 e. The Balaban J connectivity index is 1.38. The average molecular weight is 422 g/mol. The van der Waals surface area contributed by atoms with Crippen LogP contribution in [0.5, 0.6) is 0 Å². The number of para-hydroxylation sites is 1. The molecule has 1 amide bonds. The average Bonchev–Trinajstić information content (AvgIpc) is 3.09. The number of nitrogens with zero attached hydrogens (tertiary/aromatic N) is 2. The highest BCUT2D eigenvalue weighted by atomic mass is 32.1. The number of hydrogen-bond acceptors (Lipinski definition) is 4. The van der Waals surface area contributed by atoms with E-state index in [0.29, 0.717) is 24.6 Å². The highest BCUT2D eigenvalue weighted by molar-refractivity contribution is 7.18. The third-order valence-corrected chi connectivity index (χ3v) is 7.73. The van der Waals surface area contributed by atoms with Crippen molar-refractivity contribution in [2.45, 2.75) is 64.8 Å². The molecule has 156 valence electrons. The molecule has 0 saturated carbocycles. The van der Waals surface area contributed by atoms with Crippen LogP contribution >= 0.6 is 11.3 Å². The van der Waals surface area contributed by atoms with Crippen LogP contribution in [-0.4, -0.2) is 21.9 Å². The van der Waals surface area contributed by atoms with Crippen LogP contribution in [0.15, 0.2) is 29.1 Å². The molecule has 0 unspecified atom stereocenters. The van der Waals surface area contributed by atoms with Crippen LogP contribution in [0, 0.1) is 5.92 Å². The van der Waals surface area contributed by atoms with E-state index in [1.54, 1.807) is 11.3 Å². The number of anilines is 1. The summed E-state index contributed by atoms with van der Waals surface area (Å²) in [5.41, 5.74) is 3.41. The molecule has 3 heterocycles. The molecule has 2 atom stereocenters. The molecule has 30 heavy (non-hydrogen) atoms. The zero-order chi connectivity index (χ0) is 20.8. The summed E-state index contributed by atoms with van der Waals surface area (Å²) in [5, 5.41) is 0.774. The van der Waals surface area contributed by atoms with Crippen molar-refractivity contribution in [1.29, 1.82) is 0 Å². The van der Waals surface area contributed by atoms with Gasteiger partial charge in [-0.05, 0) is 62.1 Å². The maximum Gasteiger partial charge on any atom is 0.259 e. The molecule has 0 spiro atoms. The number of H-pyrrole nitrogens is 1. The standard InChI is InChI=1S/C24H27N3O2S/c1-14-7-10-17-19(13-14)30-24-22(17)23(29)25-20(26-24)11-12-21(28)27-15(2)8-9-16-5-3-4-6-18(16)27/h3-6,14-15H,7-13H2,1-2H3,(H,25,26,29)/t14-,15+/m1/s1. The van der Waals surface area contributed by atoms with E-state index in [-0.39, 0.29) is 17.5 Å². The highest BCUT2D eigenvalue weighted by Gasteiger charge is 2.28. The number of carbonyl (C=O) groups is 1. The molecule has 3 aromatic rings. The SMILES string of the molecule is C[C@@H]1CCc2c(sc3nc(CCC(=O)N4c5ccccc5CC[C@@H]4C)[nH]c(=O)c23)C1. The van der Waals surface area contributed by atoms with Gasteiger partial charge >= 0.3 is 0 Å². The van der Waals surface area contributed by atoms with E-state index in [0.717, 1.165) is 48.0 Å². The first-order chi connectivity index (χ1) is 14.5. The number of amides is 1. The van der Waals surface area contributed by atoms with Gasteiger partial charge in [-0.2, -0.15) is 0 Å². The lowest BCUT2D eigenvalue weighted by Gasteiger charge is -2.35. The number of rotatable bonds is 3. The van der Waals surface area contributed by atoms with E-state index in [2.05, 4.69) is 24.9 Å². The van der Waals surface area contributed by atoms with Crippen molar-refractivity contribution in [3.05, 3.63) is 56.4 Å². The van der Waals surface area contributed by atoms with Gasteiger partial charge < -0.3 is 9.88 Å². The minimum absolute atomic E-state index is 0.0498. The zero-order valence-electron chi connectivity index (χ0n) is 17.5. The van der Waals surface area contributed by atoms with Crippen LogP contribution in [0.25, 0.3) is 10.2 Å². The maximum atomic E-state index is 13.1. The van der Waals surface area contributed by atoms with E-state index in [1.807, 2.05) is 23.1 Å². The number of thiophene rings is 1. The Morgan fingerprint density at radius 2 is 2.07 bits per heavy atom. The monoisotopic (exact) mass is 421 g/mol. The minimum Gasteiger partial charge on any atom is -0.310 e. The Morgan fingerprint density at radius 1 is 1.23 bits per heavy atom. The molecule has 0 saturated heterocycles. The lowest BCUT2D eigenvalue weighted by molar-refractivity contribution is -0.119. The summed E-state index contributed by atoms with van der Waals surface area (Å²) in [6.45, 7) is 4.37. The number of aryl methyl sites for hydroxylation is 3. The van der Waals surface area contributed by atoms with Crippen LogP contribution in [0.3, 0.4) is 0 Å². The summed E-state index contributed by atoms with van der Waals surface area (Å²) in [5.74, 6) is 1.37. The van der Waals surface area contributed by atoms with Gasteiger partial charge in [-0.15, -0.1) is 11.3 Å². The Morgan fingerprint density at radius 3 is 2.93 bits per heavy atom. The first kappa shape index (κ1) is 19.5. The van der Waals surface area contributed by atoms with Crippen molar-refractivity contribution < 1.29 is 4.79 Å². The van der Waals surface area contributed by atoms with Gasteiger partial charge in [-0.1, -0.05) is 25.1 Å². The van der Waals surface area contributed by atoms with Crippen molar-refractivity contribution in [1.82, 2.24) is 9.97 Å². The van der Waals surface area contributed by atoms with Gasteiger partial charge in [0, 0.05) is 29.4 Å². The van der Waals surface area contributed by atoms with E-state index in [1.165, 1.54) is 16.0 Å². The predicted molar refractivity (Wildman–Crippen MR) is 121 cm³/mol. The van der Waals surface area contributed by atoms with Gasteiger partial charge in [-0.3, -0.25) is 9.59 Å². The summed E-state index contributed by atoms with van der Waals surface area (Å²) in [6.07, 6.45) is 5.91. The second-order valence-corrected chi connectivity index (χ2v) is 9.91. The first-order valence-electron chi connectivity index (χ1n) is 10.9. The number of aromatic amines is 1. The molecule has 2 aliphatic rings. The van der Waals surface area contributed by atoms with Crippen molar-refractivity contribution >= 4 is 33.1 Å². The molecule has 1 aliphatic heterocycles. The number of benzene rings is 1. The zero-order valence-corrected chi connectivity index (χ0v) is 18.3. The van der Waals surface area contributed by atoms with Crippen LogP contribution in [0.2, 0.25) is 0 Å². The van der Waals surface area contributed by atoms with Gasteiger partial charge in [-0.25, -0.2) is 4.98 Å². The number of nitrogens with one attached hydrogen (secondary N) is 1. The first-order valence-corrected chi connectivity index (χ1v) is 11.8. The fourth-order valence-corrected chi connectivity index (χ4v) is 6.33. The summed E-state index contributed by atoms with van der Waals surface area (Å²) >= 11 is 1.66. The van der Waals surface area contributed by atoms with Crippen LogP contribution in [0.4, 0.5) is 5.69 Å². The lowest BCUT2D eigenvalue weighted by Crippen LogP contribution is -2.42. The van der Waals surface area contributed by atoms with E-state index in [9.17, 15) is 9.59 Å². The summed E-state index contributed by atoms with van der Waals surface area (Å²) < 4.78 is 0. The molecule has 5 rings (SSSR count). The molecule has 2 aromatic heterocycles. The molecule has 1 N–H and O–H groups in total. The van der Waals surface area contributed by atoms with Crippen LogP contribution in [0.1, 0.15) is 54.9 Å². The summed E-state index contributed by atoms with van der Waals surface area (Å²) in [4.78, 5) is 37.7. The van der Waals surface area contributed by atoms with Gasteiger partial charge in [0.1, 0.15) is 10.7 Å². The number of fused-ring (bicyclic) bond motifs is 4. The third kappa shape index (κ3) is 3.37. The number of hydrogen-bond donors (Lipinski definition) is 1. The minimum atomic E-state index is -0.0498. The molecule has 1 aliphatic carbocycles. The molecule has 1 aromatic carbocycles. The largest absolute Gasteiger partial charge is 0.310 e. The molecule has 0 fully saturated rings. The van der Waals surface area contributed by atoms with E-state index < -0.39 is 0 Å². The van der Waals surface area contributed by atoms with Crippen LogP contribution < -0.4 is 10.5 Å². The van der Waals surface area contributed by atoms with Crippen molar-refractivity contribution in [2.24, 2.45) is 5.92 Å². The summed E-state index contributed by atoms with van der Waals surface area (Å²) in [6, 6.07) is 8.35. The van der Waals surface area contributed by atoms with Crippen molar-refractivity contribution in [2.75, 3.05) is 4.90 Å². The maximum absolute atomic E-state index is 13.1. The van der Waals surface area contributed by atoms with Gasteiger partial charge in [0.15, 0.2) is 0 Å². The fraction of sp³-hybridized carbons (Fsp3) is 0.458. The fourth-order valence-electron chi connectivity index (χ4n) is 4.93. The lowest BCUT2D eigenvalue weighted by atomic mass is 9.89. The van der Waals surface area contributed by atoms with Crippen molar-refractivity contribution in [3.8, 4) is 0 Å². The molecular weight excluding hydrogens is 394 g/mol.